The van der Waals surface area contributed by atoms with Gasteiger partial charge in [-0.3, -0.25) is 14.0 Å². The maximum absolute atomic E-state index is 14.0. The van der Waals surface area contributed by atoms with Crippen LogP contribution in [-0.2, 0) is 4.79 Å². The van der Waals surface area contributed by atoms with E-state index in [1.54, 1.807) is 30.3 Å². The molecule has 1 N–H and O–H groups in total. The Morgan fingerprint density at radius 3 is 2.74 bits per heavy atom. The van der Waals surface area contributed by atoms with Crippen molar-refractivity contribution in [3.05, 3.63) is 76.0 Å². The minimum atomic E-state index is -0.674. The number of nitrogens with one attached hydrogen (secondary N) is 1. The highest BCUT2D eigenvalue weighted by Gasteiger charge is 2.17. The maximum atomic E-state index is 14.0. The van der Waals surface area contributed by atoms with Gasteiger partial charge in [0.15, 0.2) is 11.6 Å². The number of likely N-dealkylation sites (N-methyl/N-ethyl adjacent to an activating group) is 1. The molecule has 3 aromatic rings. The van der Waals surface area contributed by atoms with Gasteiger partial charge in [-0.15, -0.1) is 0 Å². The van der Waals surface area contributed by atoms with Crippen LogP contribution in [0.2, 0.25) is 0 Å². The number of hydrogen-bond acceptors (Lipinski definition) is 5. The number of nitriles is 1. The van der Waals surface area contributed by atoms with E-state index in [0.717, 1.165) is 6.08 Å². The van der Waals surface area contributed by atoms with Gasteiger partial charge >= 0.3 is 0 Å². The molecule has 0 spiro atoms. The molecular formula is C19H13FN4O3. The van der Waals surface area contributed by atoms with E-state index in [2.05, 4.69) is 10.3 Å². The van der Waals surface area contributed by atoms with Gasteiger partial charge in [0.25, 0.3) is 11.5 Å². The van der Waals surface area contributed by atoms with Crippen LogP contribution in [0.1, 0.15) is 5.56 Å². The van der Waals surface area contributed by atoms with E-state index < -0.39 is 17.3 Å². The topological polar surface area (TPSA) is 96.5 Å². The molecule has 7 nitrogen and oxygen atoms in total. The van der Waals surface area contributed by atoms with Crippen molar-refractivity contribution in [2.45, 2.75) is 0 Å². The smallest absolute Gasteiger partial charge is 0.269 e. The number of rotatable bonds is 4. The molecule has 0 aliphatic rings. The van der Waals surface area contributed by atoms with Gasteiger partial charge < -0.3 is 10.1 Å². The monoisotopic (exact) mass is 364 g/mol. The van der Waals surface area contributed by atoms with Crippen LogP contribution in [0.4, 0.5) is 4.39 Å². The standard InChI is InChI=1S/C19H13FN4O3/c1-22-17(25)12(11-21)10-13-18(27-15-7-3-2-6-14(15)20)23-16-8-4-5-9-24(16)19(13)26/h2-10H,1H3,(H,22,25)/b12-10+. The second-order valence-corrected chi connectivity index (χ2v) is 5.35. The molecule has 0 aliphatic carbocycles. The van der Waals surface area contributed by atoms with Crippen LogP contribution < -0.4 is 15.6 Å². The summed E-state index contributed by atoms with van der Waals surface area (Å²) >= 11 is 0. The van der Waals surface area contributed by atoms with Crippen molar-refractivity contribution in [1.82, 2.24) is 14.7 Å². The highest BCUT2D eigenvalue weighted by Crippen LogP contribution is 2.26. The molecule has 134 valence electrons. The van der Waals surface area contributed by atoms with E-state index in [-0.39, 0.29) is 28.4 Å². The lowest BCUT2D eigenvalue weighted by Gasteiger charge is -2.10. The summed E-state index contributed by atoms with van der Waals surface area (Å²) in [5.41, 5.74) is -0.763. The summed E-state index contributed by atoms with van der Waals surface area (Å²) in [4.78, 5) is 28.9. The third-order valence-electron chi connectivity index (χ3n) is 3.66. The zero-order valence-corrected chi connectivity index (χ0v) is 14.1. The quantitative estimate of drug-likeness (QED) is 0.566. The molecule has 2 heterocycles. The van der Waals surface area contributed by atoms with Gasteiger partial charge in [-0.05, 0) is 30.3 Å². The van der Waals surface area contributed by atoms with Crippen LogP contribution in [0.25, 0.3) is 11.7 Å². The average Bonchev–Trinajstić information content (AvgIpc) is 2.69. The highest BCUT2D eigenvalue weighted by atomic mass is 19.1. The molecule has 0 saturated carbocycles. The summed E-state index contributed by atoms with van der Waals surface area (Å²) in [6.45, 7) is 0. The van der Waals surface area contributed by atoms with Crippen LogP contribution in [0.5, 0.6) is 11.6 Å². The third-order valence-corrected chi connectivity index (χ3v) is 3.66. The number of aromatic nitrogens is 2. The van der Waals surface area contributed by atoms with Crippen LogP contribution in [0.15, 0.2) is 59.0 Å². The first kappa shape index (κ1) is 17.8. The van der Waals surface area contributed by atoms with Gasteiger partial charge in [-0.2, -0.15) is 10.2 Å². The number of benzene rings is 1. The first-order chi connectivity index (χ1) is 13.0. The van der Waals surface area contributed by atoms with E-state index >= 15 is 0 Å². The molecule has 27 heavy (non-hydrogen) atoms. The Morgan fingerprint density at radius 1 is 1.30 bits per heavy atom. The molecule has 0 fully saturated rings. The fourth-order valence-electron chi connectivity index (χ4n) is 2.34. The van der Waals surface area contributed by atoms with Crippen molar-refractivity contribution >= 4 is 17.6 Å². The van der Waals surface area contributed by atoms with Gasteiger partial charge in [-0.1, -0.05) is 18.2 Å². The number of carbonyl (C=O) groups excluding carboxylic acids is 1. The summed E-state index contributed by atoms with van der Waals surface area (Å²) in [6.07, 6.45) is 2.56. The predicted octanol–water partition coefficient (Wildman–Crippen LogP) is 2.28. The number of ether oxygens (including phenoxy) is 1. The minimum absolute atomic E-state index is 0.141. The number of fused-ring (bicyclic) bond motifs is 1. The number of pyridine rings is 1. The van der Waals surface area contributed by atoms with Gasteiger partial charge in [0, 0.05) is 13.2 Å². The Balaban J connectivity index is 2.26. The summed E-state index contributed by atoms with van der Waals surface area (Å²) in [7, 11) is 1.36. The van der Waals surface area contributed by atoms with Crippen molar-refractivity contribution in [3.8, 4) is 17.7 Å². The van der Waals surface area contributed by atoms with Crippen LogP contribution >= 0.6 is 0 Å². The van der Waals surface area contributed by atoms with Gasteiger partial charge in [0.2, 0.25) is 5.88 Å². The molecule has 2 aromatic heterocycles. The summed E-state index contributed by atoms with van der Waals surface area (Å²) in [5, 5.41) is 11.5. The number of halogens is 1. The zero-order chi connectivity index (χ0) is 19.4. The van der Waals surface area contributed by atoms with Crippen LogP contribution in [0, 0.1) is 17.1 Å². The van der Waals surface area contributed by atoms with Crippen LogP contribution in [-0.4, -0.2) is 22.3 Å². The maximum Gasteiger partial charge on any atom is 0.269 e. The Labute approximate surface area is 153 Å². The van der Waals surface area contributed by atoms with Crippen molar-refractivity contribution < 1.29 is 13.9 Å². The molecule has 1 aromatic carbocycles. The normalized spacial score (nSPS) is 11.1. The SMILES string of the molecule is CNC(=O)/C(C#N)=C/c1c(Oc2ccccc2F)nc2ccccn2c1=O. The second-order valence-electron chi connectivity index (χ2n) is 5.35. The van der Waals surface area contributed by atoms with Crippen molar-refractivity contribution in [2.75, 3.05) is 7.05 Å². The molecule has 1 amide bonds. The van der Waals surface area contributed by atoms with Crippen molar-refractivity contribution in [1.29, 1.82) is 5.26 Å². The molecule has 0 saturated heterocycles. The molecule has 0 aliphatic heterocycles. The first-order valence-electron chi connectivity index (χ1n) is 7.83. The average molecular weight is 364 g/mol. The number of amides is 1. The fourth-order valence-corrected chi connectivity index (χ4v) is 2.34. The molecular weight excluding hydrogens is 351 g/mol. The Kier molecular flexibility index (Phi) is 4.95. The van der Waals surface area contributed by atoms with E-state index in [0.29, 0.717) is 0 Å². The van der Waals surface area contributed by atoms with E-state index in [1.165, 1.54) is 35.8 Å². The Hall–Kier alpha value is -3.99. The van der Waals surface area contributed by atoms with Gasteiger partial charge in [0.1, 0.15) is 22.9 Å². The predicted molar refractivity (Wildman–Crippen MR) is 95.6 cm³/mol. The lowest BCUT2D eigenvalue weighted by Crippen LogP contribution is -2.22. The Bertz CT molecular complexity index is 1160. The molecule has 0 unspecified atom stereocenters. The van der Waals surface area contributed by atoms with E-state index in [9.17, 15) is 19.2 Å². The number of hydrogen-bond donors (Lipinski definition) is 1. The number of para-hydroxylation sites is 1. The van der Waals surface area contributed by atoms with E-state index in [1.807, 2.05) is 0 Å². The van der Waals surface area contributed by atoms with Crippen LogP contribution in [0.3, 0.4) is 0 Å². The lowest BCUT2D eigenvalue weighted by molar-refractivity contribution is -0.116. The lowest BCUT2D eigenvalue weighted by atomic mass is 10.1. The number of nitrogens with zero attached hydrogens (tertiary/aromatic N) is 3. The molecule has 3 rings (SSSR count). The molecule has 8 heteroatoms. The Morgan fingerprint density at radius 2 is 2.04 bits per heavy atom. The van der Waals surface area contributed by atoms with Gasteiger partial charge in [-0.25, -0.2) is 4.39 Å². The molecule has 0 atom stereocenters. The fraction of sp³-hybridized carbons (Fsp3) is 0.0526. The van der Waals surface area contributed by atoms with Crippen molar-refractivity contribution in [3.63, 3.8) is 0 Å². The van der Waals surface area contributed by atoms with Gasteiger partial charge in [0.05, 0.1) is 0 Å². The summed E-state index contributed by atoms with van der Waals surface area (Å²) in [5.74, 6) is -1.67. The second kappa shape index (κ2) is 7.49. The first-order valence-corrected chi connectivity index (χ1v) is 7.83. The number of carbonyl (C=O) groups is 1. The van der Waals surface area contributed by atoms with E-state index in [4.69, 9.17) is 4.74 Å². The largest absolute Gasteiger partial charge is 0.435 e. The van der Waals surface area contributed by atoms with Crippen molar-refractivity contribution in [2.24, 2.45) is 0 Å². The molecule has 0 bridgehead atoms. The third kappa shape index (κ3) is 3.52. The summed E-state index contributed by atoms with van der Waals surface area (Å²) in [6, 6.07) is 12.2. The highest BCUT2D eigenvalue weighted by molar-refractivity contribution is 6.01. The summed E-state index contributed by atoms with van der Waals surface area (Å²) < 4.78 is 20.7. The zero-order valence-electron chi connectivity index (χ0n) is 14.1. The molecule has 0 radical (unpaired) electrons. The minimum Gasteiger partial charge on any atom is -0.435 e.